The molecule has 0 saturated carbocycles. The highest BCUT2D eigenvalue weighted by Gasteiger charge is 2.32. The highest BCUT2D eigenvalue weighted by atomic mass is 35.5. The summed E-state index contributed by atoms with van der Waals surface area (Å²) in [4.78, 5) is 24.4. The fraction of sp³-hybridized carbons (Fsp3) is 0.533. The molecule has 0 bridgehead atoms. The summed E-state index contributed by atoms with van der Waals surface area (Å²) >= 11 is 7.81. The van der Waals surface area contributed by atoms with Gasteiger partial charge in [-0.1, -0.05) is 18.5 Å². The molecule has 0 saturated heterocycles. The minimum atomic E-state index is -0.491. The summed E-state index contributed by atoms with van der Waals surface area (Å²) in [7, 11) is 0. The largest absolute Gasteiger partial charge is 0.444 e. The molecule has 1 aliphatic heterocycles. The Labute approximate surface area is 138 Å². The van der Waals surface area contributed by atoms with Gasteiger partial charge in [-0.3, -0.25) is 0 Å². The third-order valence-corrected chi connectivity index (χ3v) is 4.91. The van der Waals surface area contributed by atoms with E-state index >= 15 is 0 Å². The van der Waals surface area contributed by atoms with Gasteiger partial charge in [0.1, 0.15) is 21.9 Å². The van der Waals surface area contributed by atoms with Crippen molar-refractivity contribution < 1.29 is 9.53 Å². The van der Waals surface area contributed by atoms with E-state index in [-0.39, 0.29) is 12.0 Å². The number of rotatable bonds is 0. The highest BCUT2D eigenvalue weighted by Crippen LogP contribution is 2.41. The lowest BCUT2D eigenvalue weighted by Gasteiger charge is -2.33. The van der Waals surface area contributed by atoms with E-state index < -0.39 is 5.60 Å². The van der Waals surface area contributed by atoms with Crippen LogP contribution in [0.5, 0.6) is 0 Å². The number of halogens is 1. The van der Waals surface area contributed by atoms with Crippen LogP contribution in [-0.2, 0) is 11.3 Å². The number of carbonyl (C=O) groups excluding carboxylic acids is 1. The van der Waals surface area contributed by atoms with Gasteiger partial charge in [0.15, 0.2) is 0 Å². The summed E-state index contributed by atoms with van der Waals surface area (Å²) in [6.07, 6.45) is 1.20. The van der Waals surface area contributed by atoms with E-state index in [0.717, 1.165) is 15.1 Å². The molecular formula is C15H18ClN3O2S. The van der Waals surface area contributed by atoms with Gasteiger partial charge in [-0.05, 0) is 26.3 Å². The molecule has 22 heavy (non-hydrogen) atoms. The molecule has 2 aromatic heterocycles. The topological polar surface area (TPSA) is 55.3 Å². The predicted molar refractivity (Wildman–Crippen MR) is 87.5 cm³/mol. The van der Waals surface area contributed by atoms with Gasteiger partial charge < -0.3 is 9.64 Å². The molecule has 0 N–H and O–H groups in total. The number of thiophene rings is 1. The van der Waals surface area contributed by atoms with E-state index in [9.17, 15) is 4.79 Å². The van der Waals surface area contributed by atoms with Crippen molar-refractivity contribution in [3.05, 3.63) is 21.9 Å². The smallest absolute Gasteiger partial charge is 0.410 e. The van der Waals surface area contributed by atoms with Crippen molar-refractivity contribution in [1.29, 1.82) is 0 Å². The van der Waals surface area contributed by atoms with Crippen LogP contribution in [-0.4, -0.2) is 33.1 Å². The van der Waals surface area contributed by atoms with Crippen molar-refractivity contribution in [1.82, 2.24) is 14.9 Å². The van der Waals surface area contributed by atoms with Gasteiger partial charge in [0.25, 0.3) is 0 Å². The second-order valence-corrected chi connectivity index (χ2v) is 7.99. The van der Waals surface area contributed by atoms with E-state index in [2.05, 4.69) is 16.9 Å². The number of hydrogen-bond acceptors (Lipinski definition) is 5. The first-order valence-corrected chi connectivity index (χ1v) is 8.35. The summed E-state index contributed by atoms with van der Waals surface area (Å²) in [5, 5.41) is 1.42. The van der Waals surface area contributed by atoms with Crippen molar-refractivity contribution in [2.24, 2.45) is 0 Å². The van der Waals surface area contributed by atoms with Crippen LogP contribution in [0, 0.1) is 0 Å². The van der Waals surface area contributed by atoms with E-state index in [0.29, 0.717) is 18.2 Å². The third-order valence-electron chi connectivity index (χ3n) is 3.53. The monoisotopic (exact) mass is 339 g/mol. The number of fused-ring (bicyclic) bond motifs is 3. The molecule has 1 amide bonds. The van der Waals surface area contributed by atoms with Crippen molar-refractivity contribution in [3.8, 4) is 0 Å². The highest BCUT2D eigenvalue weighted by molar-refractivity contribution is 7.19. The lowest BCUT2D eigenvalue weighted by atomic mass is 9.95. The van der Waals surface area contributed by atoms with E-state index in [1.165, 1.54) is 11.9 Å². The molecule has 5 nitrogen and oxygen atoms in total. The lowest BCUT2D eigenvalue weighted by molar-refractivity contribution is 0.0212. The SMILES string of the molecule is CC1CN(C(=O)OC(C)(C)C)Cc2sc3ncnc(Cl)c3c21. The Kier molecular flexibility index (Phi) is 3.77. The number of nitrogens with zero attached hydrogens (tertiary/aromatic N) is 3. The van der Waals surface area contributed by atoms with Gasteiger partial charge in [0.2, 0.25) is 0 Å². The summed E-state index contributed by atoms with van der Waals surface area (Å²) in [5.41, 5.74) is 0.681. The molecule has 3 rings (SSSR count). The number of aromatic nitrogens is 2. The van der Waals surface area contributed by atoms with Crippen LogP contribution < -0.4 is 0 Å². The quantitative estimate of drug-likeness (QED) is 0.675. The van der Waals surface area contributed by atoms with Crippen LogP contribution in [0.25, 0.3) is 10.2 Å². The molecule has 0 spiro atoms. The Morgan fingerprint density at radius 3 is 2.86 bits per heavy atom. The van der Waals surface area contributed by atoms with Crippen LogP contribution in [0.1, 0.15) is 44.1 Å². The Morgan fingerprint density at radius 1 is 1.45 bits per heavy atom. The molecule has 0 fully saturated rings. The van der Waals surface area contributed by atoms with Gasteiger partial charge in [-0.25, -0.2) is 14.8 Å². The molecule has 3 heterocycles. The molecule has 118 valence electrons. The van der Waals surface area contributed by atoms with Gasteiger partial charge in [-0.15, -0.1) is 11.3 Å². The normalized spacial score (nSPS) is 18.4. The van der Waals surface area contributed by atoms with Gasteiger partial charge >= 0.3 is 6.09 Å². The second-order valence-electron chi connectivity index (χ2n) is 6.55. The minimum Gasteiger partial charge on any atom is -0.444 e. The third kappa shape index (κ3) is 2.77. The molecule has 1 aliphatic rings. The molecule has 1 atom stereocenters. The van der Waals surface area contributed by atoms with Crippen LogP contribution in [0.4, 0.5) is 4.79 Å². The maximum Gasteiger partial charge on any atom is 0.410 e. The number of carbonyl (C=O) groups is 1. The van der Waals surface area contributed by atoms with Crippen molar-refractivity contribution in [3.63, 3.8) is 0 Å². The summed E-state index contributed by atoms with van der Waals surface area (Å²) < 4.78 is 5.48. The molecule has 2 aromatic rings. The standard InChI is InChI=1S/C15H18ClN3O2S/c1-8-5-19(14(20)21-15(2,3)4)6-9-10(8)11-12(16)17-7-18-13(11)22-9/h7-8H,5-6H2,1-4H3. The lowest BCUT2D eigenvalue weighted by Crippen LogP contribution is -2.40. The molecule has 0 radical (unpaired) electrons. The zero-order valence-electron chi connectivity index (χ0n) is 13.0. The summed E-state index contributed by atoms with van der Waals surface area (Å²) in [6, 6.07) is 0. The predicted octanol–water partition coefficient (Wildman–Crippen LogP) is 4.20. The molecule has 0 aromatic carbocycles. The average Bonchev–Trinajstić information content (AvgIpc) is 2.76. The molecule has 0 aliphatic carbocycles. The van der Waals surface area contributed by atoms with Gasteiger partial charge in [0.05, 0.1) is 11.9 Å². The first-order chi connectivity index (χ1) is 10.3. The van der Waals surface area contributed by atoms with Gasteiger partial charge in [-0.2, -0.15) is 0 Å². The fourth-order valence-electron chi connectivity index (χ4n) is 2.73. The number of hydrogen-bond donors (Lipinski definition) is 0. The van der Waals surface area contributed by atoms with E-state index in [1.807, 2.05) is 20.8 Å². The molecule has 1 unspecified atom stereocenters. The van der Waals surface area contributed by atoms with E-state index in [1.54, 1.807) is 16.2 Å². The molecular weight excluding hydrogens is 322 g/mol. The van der Waals surface area contributed by atoms with Crippen LogP contribution in [0.3, 0.4) is 0 Å². The zero-order chi connectivity index (χ0) is 16.1. The van der Waals surface area contributed by atoms with Crippen LogP contribution in [0.2, 0.25) is 5.15 Å². The number of ether oxygens (including phenoxy) is 1. The Hall–Kier alpha value is -1.40. The maximum absolute atomic E-state index is 12.3. The van der Waals surface area contributed by atoms with Gasteiger partial charge in [0, 0.05) is 17.3 Å². The maximum atomic E-state index is 12.3. The summed E-state index contributed by atoms with van der Waals surface area (Å²) in [5.74, 6) is 0.175. The molecule has 7 heteroatoms. The van der Waals surface area contributed by atoms with Crippen molar-refractivity contribution in [2.45, 2.75) is 45.8 Å². The van der Waals surface area contributed by atoms with Crippen LogP contribution >= 0.6 is 22.9 Å². The average molecular weight is 340 g/mol. The Morgan fingerprint density at radius 2 is 2.18 bits per heavy atom. The summed E-state index contributed by atoms with van der Waals surface area (Å²) in [6.45, 7) is 8.85. The number of amides is 1. The van der Waals surface area contributed by atoms with E-state index in [4.69, 9.17) is 16.3 Å². The zero-order valence-corrected chi connectivity index (χ0v) is 14.6. The first kappa shape index (κ1) is 15.5. The van der Waals surface area contributed by atoms with Crippen molar-refractivity contribution >= 4 is 39.2 Å². The fourth-order valence-corrected chi connectivity index (χ4v) is 4.29. The van der Waals surface area contributed by atoms with Crippen LogP contribution in [0.15, 0.2) is 6.33 Å². The second kappa shape index (κ2) is 5.35. The Bertz CT molecular complexity index is 738. The first-order valence-electron chi connectivity index (χ1n) is 7.16. The van der Waals surface area contributed by atoms with Crippen molar-refractivity contribution in [2.75, 3.05) is 6.54 Å². The minimum absolute atomic E-state index is 0.175. The Balaban J connectivity index is 1.95.